The number of hydrogen-bond acceptors (Lipinski definition) is 7. The lowest BCUT2D eigenvalue weighted by atomic mass is 10.2. The molecule has 19 heavy (non-hydrogen) atoms. The van der Waals surface area contributed by atoms with Crippen LogP contribution in [0.5, 0.6) is 0 Å². The van der Waals surface area contributed by atoms with Crippen molar-refractivity contribution in [2.24, 2.45) is 0 Å². The van der Waals surface area contributed by atoms with Crippen LogP contribution in [0.3, 0.4) is 0 Å². The molecule has 0 aliphatic carbocycles. The highest BCUT2D eigenvalue weighted by Crippen LogP contribution is 2.31. The van der Waals surface area contributed by atoms with Gasteiger partial charge in [0.2, 0.25) is 5.95 Å². The van der Waals surface area contributed by atoms with Crippen LogP contribution in [0.25, 0.3) is 11.2 Å². The summed E-state index contributed by atoms with van der Waals surface area (Å²) in [5.74, 6) is -0.117. The lowest BCUT2D eigenvalue weighted by Crippen LogP contribution is -2.20. The van der Waals surface area contributed by atoms with E-state index < -0.39 is 24.1 Å². The summed E-state index contributed by atoms with van der Waals surface area (Å²) in [6, 6.07) is 0. The van der Waals surface area contributed by atoms with Gasteiger partial charge < -0.3 is 15.6 Å². The number of anilines is 1. The number of hydrogen-bond donors (Lipinski definition) is 3. The summed E-state index contributed by atoms with van der Waals surface area (Å²) < 4.78 is 20.2. The van der Waals surface area contributed by atoms with Crippen molar-refractivity contribution < 1.29 is 14.2 Å². The first-order valence-electron chi connectivity index (χ1n) is 5.61. The van der Waals surface area contributed by atoms with Gasteiger partial charge in [-0.1, -0.05) is 5.21 Å². The Morgan fingerprint density at radius 2 is 2.42 bits per heavy atom. The van der Waals surface area contributed by atoms with E-state index in [4.69, 9.17) is 15.6 Å². The van der Waals surface area contributed by atoms with Crippen LogP contribution in [-0.2, 0) is 4.74 Å². The first kappa shape index (κ1) is 12.0. The summed E-state index contributed by atoms with van der Waals surface area (Å²) in [7, 11) is 0. The van der Waals surface area contributed by atoms with Gasteiger partial charge in [-0.05, 0) is 0 Å². The fourth-order valence-corrected chi connectivity index (χ4v) is 2.06. The number of nitrogens with two attached hydrogens (primary N) is 1. The van der Waals surface area contributed by atoms with E-state index in [1.54, 1.807) is 0 Å². The minimum absolute atomic E-state index is 0.0429. The molecule has 0 radical (unpaired) electrons. The lowest BCUT2D eigenvalue weighted by molar-refractivity contribution is -0.0420. The second-order valence-corrected chi connectivity index (χ2v) is 4.24. The first-order chi connectivity index (χ1) is 9.10. The van der Waals surface area contributed by atoms with Gasteiger partial charge in [0.1, 0.15) is 6.17 Å². The Hall–Kier alpha value is -2.07. The van der Waals surface area contributed by atoms with Crippen molar-refractivity contribution in [1.29, 1.82) is 0 Å². The first-order valence-corrected chi connectivity index (χ1v) is 5.61. The van der Waals surface area contributed by atoms with Gasteiger partial charge in [0.25, 0.3) is 5.56 Å². The molecule has 102 valence electrons. The van der Waals surface area contributed by atoms with Gasteiger partial charge in [0.05, 0.1) is 12.7 Å². The highest BCUT2D eigenvalue weighted by Gasteiger charge is 2.38. The SMILES string of the molecule is Nc1nc2c(nnn2[C@@H]2O[C@H](CO)C[C@@H]2F)c(=O)[nH]1. The van der Waals surface area contributed by atoms with Crippen molar-refractivity contribution in [3.63, 3.8) is 0 Å². The zero-order chi connectivity index (χ0) is 13.6. The van der Waals surface area contributed by atoms with E-state index in [0.717, 1.165) is 4.68 Å². The van der Waals surface area contributed by atoms with Gasteiger partial charge in [0.15, 0.2) is 17.4 Å². The average molecular weight is 270 g/mol. The van der Waals surface area contributed by atoms with Crippen LogP contribution in [0.2, 0.25) is 0 Å². The van der Waals surface area contributed by atoms with Gasteiger partial charge >= 0.3 is 0 Å². The smallest absolute Gasteiger partial charge is 0.282 e. The van der Waals surface area contributed by atoms with Crippen molar-refractivity contribution >= 4 is 17.1 Å². The van der Waals surface area contributed by atoms with Crippen molar-refractivity contribution in [3.8, 4) is 0 Å². The van der Waals surface area contributed by atoms with Crippen LogP contribution in [0.4, 0.5) is 10.3 Å². The molecule has 9 nitrogen and oxygen atoms in total. The molecule has 0 unspecified atom stereocenters. The maximum absolute atomic E-state index is 13.8. The number of fused-ring (bicyclic) bond motifs is 1. The van der Waals surface area contributed by atoms with Crippen LogP contribution in [0, 0.1) is 0 Å². The van der Waals surface area contributed by atoms with E-state index in [0.29, 0.717) is 0 Å². The third-order valence-corrected chi connectivity index (χ3v) is 2.93. The molecule has 10 heteroatoms. The van der Waals surface area contributed by atoms with Gasteiger partial charge in [-0.2, -0.15) is 9.67 Å². The molecule has 0 spiro atoms. The van der Waals surface area contributed by atoms with Crippen molar-refractivity contribution in [2.45, 2.75) is 24.9 Å². The summed E-state index contributed by atoms with van der Waals surface area (Å²) in [4.78, 5) is 17.7. The molecule has 1 aliphatic rings. The zero-order valence-corrected chi connectivity index (χ0v) is 9.65. The highest BCUT2D eigenvalue weighted by molar-refractivity contribution is 5.69. The summed E-state index contributed by atoms with van der Waals surface area (Å²) in [5, 5.41) is 16.3. The number of nitrogen functional groups attached to an aromatic ring is 1. The van der Waals surface area contributed by atoms with Crippen molar-refractivity contribution in [1.82, 2.24) is 25.0 Å². The van der Waals surface area contributed by atoms with Crippen molar-refractivity contribution in [3.05, 3.63) is 10.4 Å². The van der Waals surface area contributed by atoms with E-state index >= 15 is 0 Å². The van der Waals surface area contributed by atoms with E-state index in [2.05, 4.69) is 20.3 Å². The average Bonchev–Trinajstić information content (AvgIpc) is 2.92. The molecule has 2 aromatic heterocycles. The minimum atomic E-state index is -1.37. The number of ether oxygens (including phenoxy) is 1. The molecule has 3 rings (SSSR count). The quantitative estimate of drug-likeness (QED) is 0.618. The van der Waals surface area contributed by atoms with E-state index in [-0.39, 0.29) is 30.1 Å². The summed E-state index contributed by atoms with van der Waals surface area (Å²) in [6.45, 7) is -0.292. The number of aliphatic hydroxyl groups is 1. The highest BCUT2D eigenvalue weighted by atomic mass is 19.1. The minimum Gasteiger partial charge on any atom is -0.394 e. The third kappa shape index (κ3) is 1.85. The zero-order valence-electron chi connectivity index (χ0n) is 9.65. The summed E-state index contributed by atoms with van der Waals surface area (Å²) >= 11 is 0. The molecule has 0 bridgehead atoms. The Balaban J connectivity index is 2.09. The molecule has 1 saturated heterocycles. The Bertz CT molecular complexity index is 670. The summed E-state index contributed by atoms with van der Waals surface area (Å²) in [6.07, 6.45) is -3.01. The molecular formula is C9H11FN6O3. The standard InChI is InChI=1S/C9H11FN6O3/c10-4-1-3(2-17)19-8(4)16-6-5(14-15-16)7(18)13-9(11)12-6/h3-4,8,17H,1-2H2,(H3,11,12,13,18)/t3-,4-,8+/m0/s1. The monoisotopic (exact) mass is 270 g/mol. The second-order valence-electron chi connectivity index (χ2n) is 4.24. The third-order valence-electron chi connectivity index (χ3n) is 2.93. The predicted molar refractivity (Wildman–Crippen MR) is 60.9 cm³/mol. The van der Waals surface area contributed by atoms with Crippen molar-refractivity contribution in [2.75, 3.05) is 12.3 Å². The molecule has 1 fully saturated rings. The summed E-state index contributed by atoms with van der Waals surface area (Å²) in [5.41, 5.74) is 4.88. The maximum atomic E-state index is 13.8. The normalized spacial score (nSPS) is 27.2. The van der Waals surface area contributed by atoms with Gasteiger partial charge in [-0.25, -0.2) is 4.39 Å². The lowest BCUT2D eigenvalue weighted by Gasteiger charge is -2.13. The number of rotatable bonds is 2. The molecule has 2 aromatic rings. The van der Waals surface area contributed by atoms with Crippen LogP contribution in [-0.4, -0.2) is 49.0 Å². The van der Waals surface area contributed by atoms with E-state index in [1.165, 1.54) is 0 Å². The number of aliphatic hydroxyl groups excluding tert-OH is 1. The Morgan fingerprint density at radius 1 is 1.63 bits per heavy atom. The second kappa shape index (κ2) is 4.24. The Kier molecular flexibility index (Phi) is 2.68. The van der Waals surface area contributed by atoms with Gasteiger partial charge in [-0.3, -0.25) is 9.78 Å². The Morgan fingerprint density at radius 3 is 3.11 bits per heavy atom. The Labute approximate surface area is 105 Å². The number of nitrogens with one attached hydrogen (secondary N) is 1. The molecule has 0 saturated carbocycles. The fourth-order valence-electron chi connectivity index (χ4n) is 2.06. The van der Waals surface area contributed by atoms with Crippen LogP contribution in [0.1, 0.15) is 12.6 Å². The van der Waals surface area contributed by atoms with Crippen LogP contribution >= 0.6 is 0 Å². The number of aromatic nitrogens is 5. The molecule has 0 aromatic carbocycles. The van der Waals surface area contributed by atoms with E-state index in [9.17, 15) is 9.18 Å². The van der Waals surface area contributed by atoms with Crippen LogP contribution in [0.15, 0.2) is 4.79 Å². The van der Waals surface area contributed by atoms with Gasteiger partial charge in [-0.15, -0.1) is 5.10 Å². The van der Waals surface area contributed by atoms with Gasteiger partial charge in [0, 0.05) is 6.42 Å². The molecule has 0 amide bonds. The maximum Gasteiger partial charge on any atom is 0.282 e. The fraction of sp³-hybridized carbons (Fsp3) is 0.556. The number of nitrogens with zero attached hydrogens (tertiary/aromatic N) is 4. The number of alkyl halides is 1. The molecule has 3 atom stereocenters. The van der Waals surface area contributed by atoms with Crippen LogP contribution < -0.4 is 11.3 Å². The molecule has 3 heterocycles. The number of aromatic amines is 1. The van der Waals surface area contributed by atoms with E-state index in [1.807, 2.05) is 0 Å². The number of H-pyrrole nitrogens is 1. The molecular weight excluding hydrogens is 259 g/mol. The molecule has 1 aliphatic heterocycles. The molecule has 4 N–H and O–H groups in total. The predicted octanol–water partition coefficient (Wildman–Crippen LogP) is -1.29. The number of halogens is 1. The largest absolute Gasteiger partial charge is 0.394 e. The topological polar surface area (TPSA) is 132 Å².